The first-order chi connectivity index (χ1) is 35.0. The molecule has 0 fully saturated rings. The number of rotatable bonds is 7. The lowest BCUT2D eigenvalue weighted by Gasteiger charge is -2.33. The van der Waals surface area contributed by atoms with Crippen molar-refractivity contribution in [2.24, 2.45) is 0 Å². The van der Waals surface area contributed by atoms with E-state index in [-0.39, 0.29) is 5.41 Å². The van der Waals surface area contributed by atoms with E-state index in [4.69, 9.17) is 0 Å². The van der Waals surface area contributed by atoms with Crippen LogP contribution in [0.3, 0.4) is 0 Å². The van der Waals surface area contributed by atoms with Crippen LogP contribution in [0.1, 0.15) is 47.2 Å². The van der Waals surface area contributed by atoms with Crippen molar-refractivity contribution in [1.29, 1.82) is 0 Å². The number of nitrogens with zero attached hydrogens (tertiary/aromatic N) is 1. The molecule has 0 saturated heterocycles. The van der Waals surface area contributed by atoms with Gasteiger partial charge in [-0.2, -0.15) is 0 Å². The Morgan fingerprint density at radius 1 is 0.254 bits per heavy atom. The Balaban J connectivity index is 1.07. The highest BCUT2D eigenvalue weighted by atomic mass is 15.1. The zero-order chi connectivity index (χ0) is 47.3. The zero-order valence-electron chi connectivity index (χ0n) is 39.8. The van der Waals surface area contributed by atoms with Crippen LogP contribution in [-0.4, -0.2) is 0 Å². The Bertz CT molecular complexity index is 3870. The normalized spacial score (nSPS) is 13.7. The summed E-state index contributed by atoms with van der Waals surface area (Å²) in [5.41, 5.74) is 28.0. The van der Waals surface area contributed by atoms with Crippen LogP contribution in [0.4, 0.5) is 17.1 Å². The number of benzene rings is 11. The average Bonchev–Trinajstić information content (AvgIpc) is 4.01. The first-order valence-electron chi connectivity index (χ1n) is 24.9. The maximum absolute atomic E-state index is 2.58. The van der Waals surface area contributed by atoms with Crippen LogP contribution in [0, 0.1) is 0 Å². The van der Waals surface area contributed by atoms with Gasteiger partial charge in [0.25, 0.3) is 0 Å². The molecule has 1 nitrogen and oxygen atoms in total. The topological polar surface area (TPSA) is 3.24 Å². The standard InChI is InChI=1S/C70H49N/c1-69(2)59-35-15-11-29-53(59)56-43-42-49(45-64(56)69)48-26-19-27-50(44-48)71(65-40-20-34-52(47-24-7-4-8-25-47)67(65)57-32-10-9-28-51(57)46-22-5-3-6-23-46)66-41-21-39-63-68(66)58-33-14-18-38-62(58)70(63)60-36-16-12-30-54(60)55-31-13-17-37-61(55)70/h3-45H,1-2H3. The van der Waals surface area contributed by atoms with Gasteiger partial charge in [0.15, 0.2) is 0 Å². The second-order valence-corrected chi connectivity index (χ2v) is 19.9. The highest BCUT2D eigenvalue weighted by Gasteiger charge is 2.52. The van der Waals surface area contributed by atoms with Crippen molar-refractivity contribution in [2.75, 3.05) is 4.90 Å². The Labute approximate surface area is 416 Å². The van der Waals surface area contributed by atoms with Gasteiger partial charge in [-0.05, 0) is 130 Å². The molecule has 0 N–H and O–H groups in total. The smallest absolute Gasteiger partial charge is 0.0726 e. The molecule has 334 valence electrons. The molecule has 3 aliphatic rings. The van der Waals surface area contributed by atoms with Gasteiger partial charge in [-0.3, -0.25) is 0 Å². The average molecular weight is 904 g/mol. The van der Waals surface area contributed by atoms with Crippen molar-refractivity contribution in [3.63, 3.8) is 0 Å². The van der Waals surface area contributed by atoms with Crippen LogP contribution in [0.5, 0.6) is 0 Å². The molecule has 0 aromatic heterocycles. The van der Waals surface area contributed by atoms with Gasteiger partial charge >= 0.3 is 0 Å². The van der Waals surface area contributed by atoms with E-state index in [1.807, 2.05) is 0 Å². The highest BCUT2D eigenvalue weighted by Crippen LogP contribution is 2.65. The third-order valence-corrected chi connectivity index (χ3v) is 15.9. The van der Waals surface area contributed by atoms with Gasteiger partial charge < -0.3 is 4.90 Å². The van der Waals surface area contributed by atoms with E-state index in [1.165, 1.54) is 111 Å². The number of hydrogen-bond acceptors (Lipinski definition) is 1. The molecule has 1 heteroatoms. The van der Waals surface area contributed by atoms with E-state index < -0.39 is 5.41 Å². The van der Waals surface area contributed by atoms with Gasteiger partial charge in [-0.1, -0.05) is 244 Å². The first-order valence-corrected chi connectivity index (χ1v) is 24.9. The van der Waals surface area contributed by atoms with Crippen molar-refractivity contribution in [3.8, 4) is 77.9 Å². The summed E-state index contributed by atoms with van der Waals surface area (Å²) in [6.07, 6.45) is 0. The van der Waals surface area contributed by atoms with Crippen LogP contribution >= 0.6 is 0 Å². The largest absolute Gasteiger partial charge is 0.309 e. The van der Waals surface area contributed by atoms with E-state index in [9.17, 15) is 0 Å². The lowest BCUT2D eigenvalue weighted by molar-refractivity contribution is 0.660. The highest BCUT2D eigenvalue weighted by molar-refractivity contribution is 6.06. The van der Waals surface area contributed by atoms with E-state index in [0.29, 0.717) is 0 Å². The summed E-state index contributed by atoms with van der Waals surface area (Å²) in [6.45, 7) is 4.74. The quantitative estimate of drug-likeness (QED) is 0.154. The monoisotopic (exact) mass is 903 g/mol. The van der Waals surface area contributed by atoms with Gasteiger partial charge in [0.1, 0.15) is 0 Å². The van der Waals surface area contributed by atoms with Gasteiger partial charge in [0.05, 0.1) is 16.8 Å². The molecule has 0 atom stereocenters. The minimum absolute atomic E-state index is 0.115. The molecule has 0 unspecified atom stereocenters. The second kappa shape index (κ2) is 15.9. The van der Waals surface area contributed by atoms with E-state index in [0.717, 1.165) is 17.1 Å². The molecule has 71 heavy (non-hydrogen) atoms. The summed E-state index contributed by atoms with van der Waals surface area (Å²) in [5.74, 6) is 0. The Morgan fingerprint density at radius 3 is 1.34 bits per heavy atom. The molecule has 11 aromatic rings. The molecule has 14 rings (SSSR count). The summed E-state index contributed by atoms with van der Waals surface area (Å²) in [4.78, 5) is 2.58. The molecule has 0 radical (unpaired) electrons. The maximum atomic E-state index is 2.58. The van der Waals surface area contributed by atoms with Gasteiger partial charge in [0, 0.05) is 22.2 Å². The maximum Gasteiger partial charge on any atom is 0.0726 e. The fourth-order valence-corrected chi connectivity index (χ4v) is 12.9. The summed E-state index contributed by atoms with van der Waals surface area (Å²) >= 11 is 0. The summed E-state index contributed by atoms with van der Waals surface area (Å²) in [5, 5.41) is 0. The Hall–Kier alpha value is -8.78. The van der Waals surface area contributed by atoms with Crippen molar-refractivity contribution in [2.45, 2.75) is 24.7 Å². The van der Waals surface area contributed by atoms with Crippen molar-refractivity contribution in [3.05, 3.63) is 294 Å². The summed E-state index contributed by atoms with van der Waals surface area (Å²) in [7, 11) is 0. The fraction of sp³-hybridized carbons (Fsp3) is 0.0571. The van der Waals surface area contributed by atoms with E-state index in [2.05, 4.69) is 280 Å². The predicted octanol–water partition coefficient (Wildman–Crippen LogP) is 18.5. The predicted molar refractivity (Wildman–Crippen MR) is 297 cm³/mol. The SMILES string of the molecule is CC1(C)c2ccccc2-c2ccc(-c3cccc(N(c4cccc(-c5ccccc5)c4-c4ccccc4-c4ccccc4)c4cccc5c4-c4ccccc4C54c5ccccc5-c5ccccc54)c3)cc21. The second-order valence-electron chi connectivity index (χ2n) is 19.9. The lowest BCUT2D eigenvalue weighted by Crippen LogP contribution is -2.26. The molecular weight excluding hydrogens is 855 g/mol. The van der Waals surface area contributed by atoms with Crippen LogP contribution in [0.25, 0.3) is 77.9 Å². The fourth-order valence-electron chi connectivity index (χ4n) is 12.9. The first kappa shape index (κ1) is 41.2. The van der Waals surface area contributed by atoms with Crippen LogP contribution < -0.4 is 4.90 Å². The van der Waals surface area contributed by atoms with Crippen LogP contribution in [0.2, 0.25) is 0 Å². The van der Waals surface area contributed by atoms with E-state index >= 15 is 0 Å². The number of hydrogen-bond donors (Lipinski definition) is 0. The summed E-state index contributed by atoms with van der Waals surface area (Å²) in [6, 6.07) is 97.5. The number of anilines is 3. The molecule has 0 heterocycles. The molecule has 0 saturated carbocycles. The minimum Gasteiger partial charge on any atom is -0.309 e. The van der Waals surface area contributed by atoms with Crippen molar-refractivity contribution in [1.82, 2.24) is 0 Å². The van der Waals surface area contributed by atoms with E-state index in [1.54, 1.807) is 0 Å². The Kier molecular flexibility index (Phi) is 9.22. The third-order valence-electron chi connectivity index (χ3n) is 15.9. The Morgan fingerprint density at radius 2 is 0.676 bits per heavy atom. The molecule has 0 aliphatic heterocycles. The lowest BCUT2D eigenvalue weighted by atomic mass is 9.70. The van der Waals surface area contributed by atoms with Gasteiger partial charge in [-0.15, -0.1) is 0 Å². The molecule has 0 amide bonds. The van der Waals surface area contributed by atoms with Crippen LogP contribution in [0.15, 0.2) is 261 Å². The molecular formula is C70H49N. The van der Waals surface area contributed by atoms with Crippen LogP contribution in [-0.2, 0) is 10.8 Å². The minimum atomic E-state index is -0.494. The third kappa shape index (κ3) is 6.00. The van der Waals surface area contributed by atoms with Gasteiger partial charge in [-0.25, -0.2) is 0 Å². The van der Waals surface area contributed by atoms with Gasteiger partial charge in [0.2, 0.25) is 0 Å². The molecule has 1 spiro atoms. The van der Waals surface area contributed by atoms with Crippen molar-refractivity contribution < 1.29 is 0 Å². The summed E-state index contributed by atoms with van der Waals surface area (Å²) < 4.78 is 0. The molecule has 11 aromatic carbocycles. The number of fused-ring (bicyclic) bond motifs is 13. The zero-order valence-corrected chi connectivity index (χ0v) is 39.8. The molecule has 0 bridgehead atoms. The van der Waals surface area contributed by atoms with Crippen molar-refractivity contribution >= 4 is 17.1 Å². The molecule has 3 aliphatic carbocycles.